The van der Waals surface area contributed by atoms with Gasteiger partial charge in [0.2, 0.25) is 0 Å². The molecule has 0 bridgehead atoms. The molecule has 6 heteroatoms. The van der Waals surface area contributed by atoms with Crippen molar-refractivity contribution < 1.29 is 12.8 Å². The maximum atomic E-state index is 14.1. The first-order valence-corrected chi connectivity index (χ1v) is 11.7. The van der Waals surface area contributed by atoms with Crippen molar-refractivity contribution in [3.8, 4) is 6.07 Å². The molecule has 0 aliphatic carbocycles. The highest BCUT2D eigenvalue weighted by Gasteiger charge is 2.36. The van der Waals surface area contributed by atoms with Crippen LogP contribution in [0.25, 0.3) is 0 Å². The summed E-state index contributed by atoms with van der Waals surface area (Å²) in [5.41, 5.74) is 3.87. The molecule has 0 saturated carbocycles. The summed E-state index contributed by atoms with van der Waals surface area (Å²) in [6.07, 6.45) is 2.64. The van der Waals surface area contributed by atoms with Crippen LogP contribution in [0, 0.1) is 24.1 Å². The van der Waals surface area contributed by atoms with E-state index in [0.29, 0.717) is 36.9 Å². The van der Waals surface area contributed by atoms with Crippen LogP contribution in [0.15, 0.2) is 71.6 Å². The van der Waals surface area contributed by atoms with E-state index < -0.39 is 15.8 Å². The van der Waals surface area contributed by atoms with Gasteiger partial charge in [-0.15, -0.1) is 0 Å². The number of aryl methyl sites for hydroxylation is 3. The monoisotopic (exact) mass is 434 g/mol. The lowest BCUT2D eigenvalue weighted by molar-refractivity contribution is 0.521. The van der Waals surface area contributed by atoms with Crippen molar-refractivity contribution in [1.29, 1.82) is 5.26 Å². The average Bonchev–Trinajstić information content (AvgIpc) is 2.77. The van der Waals surface area contributed by atoms with Gasteiger partial charge in [0.25, 0.3) is 10.0 Å². The van der Waals surface area contributed by atoms with Gasteiger partial charge in [0.15, 0.2) is 0 Å². The van der Waals surface area contributed by atoms with Gasteiger partial charge in [0.05, 0.1) is 22.2 Å². The number of hydrogen-bond acceptors (Lipinski definition) is 3. The molecule has 4 nitrogen and oxygen atoms in total. The normalized spacial score (nSPS) is 15.9. The maximum Gasteiger partial charge on any atom is 0.264 e. The van der Waals surface area contributed by atoms with Gasteiger partial charge in [-0.05, 0) is 80.1 Å². The number of hydrogen-bond donors (Lipinski definition) is 0. The van der Waals surface area contributed by atoms with Gasteiger partial charge in [-0.1, -0.05) is 35.9 Å². The van der Waals surface area contributed by atoms with Crippen LogP contribution in [-0.4, -0.2) is 14.5 Å². The molecule has 1 aliphatic rings. The second kappa shape index (κ2) is 8.52. The van der Waals surface area contributed by atoms with Gasteiger partial charge in [0, 0.05) is 6.04 Å². The van der Waals surface area contributed by atoms with Crippen LogP contribution in [0.1, 0.15) is 35.1 Å². The Kier molecular flexibility index (Phi) is 5.79. The minimum absolute atomic E-state index is 0.207. The van der Waals surface area contributed by atoms with Crippen LogP contribution in [0.4, 0.5) is 10.1 Å². The third-order valence-corrected chi connectivity index (χ3v) is 7.67. The van der Waals surface area contributed by atoms with Crippen molar-refractivity contribution in [3.05, 3.63) is 94.8 Å². The number of nitriles is 1. The summed E-state index contributed by atoms with van der Waals surface area (Å²) in [5, 5.41) is 8.97. The van der Waals surface area contributed by atoms with Crippen LogP contribution < -0.4 is 4.31 Å². The first-order chi connectivity index (χ1) is 14.9. The van der Waals surface area contributed by atoms with E-state index in [2.05, 4.69) is 6.07 Å². The van der Waals surface area contributed by atoms with E-state index in [1.54, 1.807) is 42.5 Å². The summed E-state index contributed by atoms with van der Waals surface area (Å²) in [6.45, 7) is 1.91. The van der Waals surface area contributed by atoms with Crippen molar-refractivity contribution in [2.24, 2.45) is 0 Å². The summed E-state index contributed by atoms with van der Waals surface area (Å²) < 4.78 is 42.8. The Labute approximate surface area is 182 Å². The Morgan fingerprint density at radius 2 is 1.77 bits per heavy atom. The molecule has 0 fully saturated rings. The molecule has 1 atom stereocenters. The molecule has 0 aromatic heterocycles. The van der Waals surface area contributed by atoms with E-state index in [1.807, 2.05) is 19.1 Å². The molecule has 0 amide bonds. The van der Waals surface area contributed by atoms with E-state index in [0.717, 1.165) is 16.7 Å². The van der Waals surface area contributed by atoms with E-state index in [4.69, 9.17) is 5.26 Å². The zero-order valence-electron chi connectivity index (χ0n) is 17.3. The molecular weight excluding hydrogens is 411 g/mol. The number of anilines is 1. The Morgan fingerprint density at radius 3 is 2.45 bits per heavy atom. The van der Waals surface area contributed by atoms with Crippen LogP contribution >= 0.6 is 0 Å². The standard InChI is InChI=1S/C25H23FN2O2S/c1-18-2-14-24(15-3-18)31(29,30)28-23(12-8-19-4-6-20(17-27)7-5-19)13-10-21-9-11-22(26)16-25(21)28/h2-7,9,11,14-16,23H,8,10,12-13H2,1H3. The first kappa shape index (κ1) is 21.1. The number of halogens is 1. The zero-order chi connectivity index (χ0) is 22.0. The highest BCUT2D eigenvalue weighted by molar-refractivity contribution is 7.92. The molecular formula is C25H23FN2O2S. The SMILES string of the molecule is Cc1ccc(S(=O)(=O)N2c3cc(F)ccc3CCC2CCc2ccc(C#N)cc2)cc1. The van der Waals surface area contributed by atoms with Crippen LogP contribution in [-0.2, 0) is 22.9 Å². The highest BCUT2D eigenvalue weighted by Crippen LogP contribution is 2.37. The molecule has 1 unspecified atom stereocenters. The van der Waals surface area contributed by atoms with Gasteiger partial charge < -0.3 is 0 Å². The average molecular weight is 435 g/mol. The van der Waals surface area contributed by atoms with E-state index >= 15 is 0 Å². The number of sulfonamides is 1. The van der Waals surface area contributed by atoms with Crippen molar-refractivity contribution in [2.75, 3.05) is 4.31 Å². The third kappa shape index (κ3) is 4.33. The second-order valence-electron chi connectivity index (χ2n) is 7.93. The Bertz CT molecular complexity index is 1230. The Balaban J connectivity index is 1.69. The number of rotatable bonds is 5. The number of nitrogens with zero attached hydrogens (tertiary/aromatic N) is 2. The zero-order valence-corrected chi connectivity index (χ0v) is 18.1. The molecule has 0 spiro atoms. The summed E-state index contributed by atoms with van der Waals surface area (Å²) in [4.78, 5) is 0.207. The molecule has 4 rings (SSSR count). The minimum atomic E-state index is -3.85. The van der Waals surface area contributed by atoms with E-state index in [9.17, 15) is 12.8 Å². The van der Waals surface area contributed by atoms with Crippen molar-refractivity contribution in [1.82, 2.24) is 0 Å². The molecule has 0 radical (unpaired) electrons. The maximum absolute atomic E-state index is 14.1. The van der Waals surface area contributed by atoms with E-state index in [1.165, 1.54) is 16.4 Å². The summed E-state index contributed by atoms with van der Waals surface area (Å²) in [5.74, 6) is -0.449. The fraction of sp³-hybridized carbons (Fsp3) is 0.240. The molecule has 31 heavy (non-hydrogen) atoms. The fourth-order valence-corrected chi connectivity index (χ4v) is 5.82. The predicted molar refractivity (Wildman–Crippen MR) is 119 cm³/mol. The summed E-state index contributed by atoms with van der Waals surface area (Å²) in [7, 11) is -3.85. The lowest BCUT2D eigenvalue weighted by Gasteiger charge is -2.38. The largest absolute Gasteiger partial charge is 0.264 e. The van der Waals surface area contributed by atoms with Gasteiger partial charge in [-0.25, -0.2) is 12.8 Å². The van der Waals surface area contributed by atoms with Gasteiger partial charge in [-0.2, -0.15) is 5.26 Å². The van der Waals surface area contributed by atoms with Crippen molar-refractivity contribution in [2.45, 2.75) is 43.5 Å². The molecule has 0 saturated heterocycles. The quantitative estimate of drug-likeness (QED) is 0.558. The minimum Gasteiger partial charge on any atom is -0.263 e. The van der Waals surface area contributed by atoms with Crippen LogP contribution in [0.3, 0.4) is 0 Å². The van der Waals surface area contributed by atoms with Crippen molar-refractivity contribution in [3.63, 3.8) is 0 Å². The Morgan fingerprint density at radius 1 is 1.06 bits per heavy atom. The molecule has 3 aromatic rings. The molecule has 1 heterocycles. The van der Waals surface area contributed by atoms with Crippen LogP contribution in [0.2, 0.25) is 0 Å². The summed E-state index contributed by atoms with van der Waals surface area (Å²) >= 11 is 0. The second-order valence-corrected chi connectivity index (χ2v) is 9.74. The summed E-state index contributed by atoms with van der Waals surface area (Å²) in [6, 6.07) is 20.3. The number of benzene rings is 3. The first-order valence-electron chi connectivity index (χ1n) is 10.3. The third-order valence-electron chi connectivity index (χ3n) is 5.79. The predicted octanol–water partition coefficient (Wildman–Crippen LogP) is 5.15. The lowest BCUT2D eigenvalue weighted by Crippen LogP contribution is -2.44. The van der Waals surface area contributed by atoms with Gasteiger partial charge in [-0.3, -0.25) is 4.31 Å². The topological polar surface area (TPSA) is 61.2 Å². The highest BCUT2D eigenvalue weighted by atomic mass is 32.2. The molecule has 3 aromatic carbocycles. The van der Waals surface area contributed by atoms with Crippen LogP contribution in [0.5, 0.6) is 0 Å². The van der Waals surface area contributed by atoms with Crippen molar-refractivity contribution >= 4 is 15.7 Å². The molecule has 158 valence electrons. The Hall–Kier alpha value is -3.17. The van der Waals surface area contributed by atoms with Gasteiger partial charge >= 0.3 is 0 Å². The molecule has 0 N–H and O–H groups in total. The van der Waals surface area contributed by atoms with Gasteiger partial charge in [0.1, 0.15) is 5.82 Å². The lowest BCUT2D eigenvalue weighted by atomic mass is 9.94. The van der Waals surface area contributed by atoms with E-state index in [-0.39, 0.29) is 10.9 Å². The fourth-order valence-electron chi connectivity index (χ4n) is 4.08. The smallest absolute Gasteiger partial charge is 0.263 e. The number of fused-ring (bicyclic) bond motifs is 1. The molecule has 1 aliphatic heterocycles.